The summed E-state index contributed by atoms with van der Waals surface area (Å²) < 4.78 is 21.3. The third-order valence-corrected chi connectivity index (χ3v) is 5.86. The molecule has 2 aromatic carbocycles. The first-order chi connectivity index (χ1) is 15.9. The maximum absolute atomic E-state index is 14.3. The number of carbonyl (C=O) groups is 1. The van der Waals surface area contributed by atoms with E-state index in [9.17, 15) is 14.0 Å². The zero-order valence-corrected chi connectivity index (χ0v) is 19.0. The van der Waals surface area contributed by atoms with Gasteiger partial charge in [-0.05, 0) is 31.2 Å². The molecule has 33 heavy (non-hydrogen) atoms. The Bertz CT molecular complexity index is 1210. The molecule has 9 heteroatoms. The number of para-hydroxylation sites is 2. The van der Waals surface area contributed by atoms with Gasteiger partial charge in [-0.2, -0.15) is 5.10 Å². The first kappa shape index (κ1) is 22.9. The van der Waals surface area contributed by atoms with Crippen molar-refractivity contribution >= 4 is 17.5 Å². The average molecular weight is 471 g/mol. The Balaban J connectivity index is 1.39. The Morgan fingerprint density at radius 1 is 1.09 bits per heavy atom. The van der Waals surface area contributed by atoms with Crippen LogP contribution in [0.15, 0.2) is 59.4 Å². The van der Waals surface area contributed by atoms with Crippen LogP contribution in [0.1, 0.15) is 16.2 Å². The van der Waals surface area contributed by atoms with Crippen molar-refractivity contribution in [2.24, 2.45) is 0 Å². The number of hydrogen-bond donors (Lipinski definition) is 0. The van der Waals surface area contributed by atoms with Crippen LogP contribution >= 0.6 is 11.6 Å². The van der Waals surface area contributed by atoms with Crippen molar-refractivity contribution in [2.75, 3.05) is 39.3 Å². The van der Waals surface area contributed by atoms with Crippen LogP contribution in [-0.4, -0.2) is 64.8 Å². The van der Waals surface area contributed by atoms with E-state index in [1.165, 1.54) is 16.8 Å². The number of aromatic nitrogens is 2. The highest BCUT2D eigenvalue weighted by Gasteiger charge is 2.26. The second kappa shape index (κ2) is 10.1. The molecule has 1 saturated heterocycles. The first-order valence-corrected chi connectivity index (χ1v) is 11.1. The van der Waals surface area contributed by atoms with Crippen LogP contribution in [-0.2, 0) is 0 Å². The summed E-state index contributed by atoms with van der Waals surface area (Å²) in [4.78, 5) is 29.3. The number of aryl methyl sites for hydroxylation is 1. The van der Waals surface area contributed by atoms with Crippen molar-refractivity contribution in [3.8, 4) is 11.4 Å². The number of benzene rings is 2. The number of piperazine rings is 1. The fourth-order valence-electron chi connectivity index (χ4n) is 3.73. The van der Waals surface area contributed by atoms with Crippen LogP contribution in [0.25, 0.3) is 5.69 Å². The third kappa shape index (κ3) is 5.23. The fraction of sp³-hybridized carbons (Fsp3) is 0.292. The number of hydrogen-bond acceptors (Lipinski definition) is 5. The Kier molecular flexibility index (Phi) is 7.05. The summed E-state index contributed by atoms with van der Waals surface area (Å²) in [6, 6.07) is 14.7. The highest BCUT2D eigenvalue weighted by molar-refractivity contribution is 6.32. The summed E-state index contributed by atoms with van der Waals surface area (Å²) in [6.07, 6.45) is 0. The van der Waals surface area contributed by atoms with Gasteiger partial charge in [-0.15, -0.1) is 0 Å². The molecule has 7 nitrogen and oxygen atoms in total. The molecule has 1 fully saturated rings. The molecule has 1 amide bonds. The summed E-state index contributed by atoms with van der Waals surface area (Å²) in [5, 5.41) is 4.78. The van der Waals surface area contributed by atoms with Gasteiger partial charge in [0.1, 0.15) is 23.9 Å². The summed E-state index contributed by atoms with van der Waals surface area (Å²) in [5.74, 6) is -0.288. The standard InChI is InChI=1S/C24H24ClFN4O3/c1-17-16-21(31)23(27-30(17)20-8-4-3-7-19(20)26)24(32)29-12-10-28(11-13-29)14-15-33-22-9-5-2-6-18(22)25/h2-9,16H,10-15H2,1H3. The quantitative estimate of drug-likeness (QED) is 0.553. The number of nitrogens with zero attached hydrogens (tertiary/aromatic N) is 4. The zero-order chi connectivity index (χ0) is 23.4. The van der Waals surface area contributed by atoms with E-state index in [2.05, 4.69) is 10.00 Å². The molecular weight excluding hydrogens is 447 g/mol. The van der Waals surface area contributed by atoms with Gasteiger partial charge >= 0.3 is 0 Å². The lowest BCUT2D eigenvalue weighted by Crippen LogP contribution is -2.50. The highest BCUT2D eigenvalue weighted by Crippen LogP contribution is 2.23. The molecule has 1 aliphatic rings. The Morgan fingerprint density at radius 2 is 1.79 bits per heavy atom. The molecule has 0 unspecified atom stereocenters. The molecule has 172 valence electrons. The van der Waals surface area contributed by atoms with E-state index in [1.807, 2.05) is 18.2 Å². The monoisotopic (exact) mass is 470 g/mol. The van der Waals surface area contributed by atoms with E-state index in [-0.39, 0.29) is 11.4 Å². The minimum absolute atomic E-state index is 0.187. The van der Waals surface area contributed by atoms with Crippen LogP contribution in [0.5, 0.6) is 5.75 Å². The van der Waals surface area contributed by atoms with Gasteiger partial charge in [0, 0.05) is 44.5 Å². The highest BCUT2D eigenvalue weighted by atomic mass is 35.5. The molecule has 0 radical (unpaired) electrons. The predicted octanol–water partition coefficient (Wildman–Crippen LogP) is 3.17. The lowest BCUT2D eigenvalue weighted by Gasteiger charge is -2.34. The molecule has 0 atom stereocenters. The Morgan fingerprint density at radius 3 is 2.52 bits per heavy atom. The molecule has 0 spiro atoms. The maximum atomic E-state index is 14.3. The number of halogens is 2. The smallest absolute Gasteiger partial charge is 0.278 e. The van der Waals surface area contributed by atoms with Gasteiger partial charge in [0.2, 0.25) is 5.43 Å². The topological polar surface area (TPSA) is 67.7 Å². The van der Waals surface area contributed by atoms with Gasteiger partial charge in [-0.3, -0.25) is 14.5 Å². The summed E-state index contributed by atoms with van der Waals surface area (Å²) in [5.41, 5.74) is -0.0441. The van der Waals surface area contributed by atoms with Crippen molar-refractivity contribution in [3.05, 3.63) is 87.0 Å². The van der Waals surface area contributed by atoms with Gasteiger partial charge in [-0.1, -0.05) is 35.9 Å². The van der Waals surface area contributed by atoms with E-state index < -0.39 is 17.2 Å². The van der Waals surface area contributed by atoms with E-state index >= 15 is 0 Å². The van der Waals surface area contributed by atoms with E-state index in [0.717, 1.165) is 0 Å². The fourth-order valence-corrected chi connectivity index (χ4v) is 3.92. The SMILES string of the molecule is Cc1cc(=O)c(C(=O)N2CCN(CCOc3ccccc3Cl)CC2)nn1-c1ccccc1F. The second-order valence-corrected chi connectivity index (χ2v) is 8.18. The first-order valence-electron chi connectivity index (χ1n) is 10.7. The maximum Gasteiger partial charge on any atom is 0.278 e. The Hall–Kier alpha value is -3.23. The third-order valence-electron chi connectivity index (χ3n) is 5.55. The molecule has 4 rings (SSSR count). The number of rotatable bonds is 6. The van der Waals surface area contributed by atoms with E-state index in [0.29, 0.717) is 55.8 Å². The van der Waals surface area contributed by atoms with E-state index in [1.54, 1.807) is 36.1 Å². The van der Waals surface area contributed by atoms with Gasteiger partial charge in [0.05, 0.1) is 5.02 Å². The molecule has 0 saturated carbocycles. The average Bonchev–Trinajstić information content (AvgIpc) is 2.81. The lowest BCUT2D eigenvalue weighted by molar-refractivity contribution is 0.0611. The normalized spacial score (nSPS) is 14.3. The lowest BCUT2D eigenvalue weighted by atomic mass is 10.2. The largest absolute Gasteiger partial charge is 0.491 e. The summed E-state index contributed by atoms with van der Waals surface area (Å²) in [7, 11) is 0. The van der Waals surface area contributed by atoms with Gasteiger partial charge < -0.3 is 9.64 Å². The molecule has 1 aromatic heterocycles. The van der Waals surface area contributed by atoms with Crippen molar-refractivity contribution in [1.29, 1.82) is 0 Å². The number of carbonyl (C=O) groups excluding carboxylic acids is 1. The minimum atomic E-state index is -0.484. The molecular formula is C24H24ClFN4O3. The van der Waals surface area contributed by atoms with Crippen LogP contribution in [0.3, 0.4) is 0 Å². The molecule has 0 N–H and O–H groups in total. The van der Waals surface area contributed by atoms with Crippen molar-refractivity contribution in [2.45, 2.75) is 6.92 Å². The number of amides is 1. The second-order valence-electron chi connectivity index (χ2n) is 7.77. The molecule has 0 bridgehead atoms. The summed E-state index contributed by atoms with van der Waals surface area (Å²) >= 11 is 6.10. The van der Waals surface area contributed by atoms with Crippen molar-refractivity contribution < 1.29 is 13.9 Å². The summed E-state index contributed by atoms with van der Waals surface area (Å²) in [6.45, 7) is 5.02. The molecule has 1 aliphatic heterocycles. The molecule has 2 heterocycles. The van der Waals surface area contributed by atoms with Crippen LogP contribution < -0.4 is 10.2 Å². The van der Waals surface area contributed by atoms with Gasteiger partial charge in [0.25, 0.3) is 5.91 Å². The van der Waals surface area contributed by atoms with Gasteiger partial charge in [0.15, 0.2) is 5.69 Å². The van der Waals surface area contributed by atoms with Crippen LogP contribution in [0, 0.1) is 12.7 Å². The Labute approximate surface area is 196 Å². The van der Waals surface area contributed by atoms with E-state index in [4.69, 9.17) is 16.3 Å². The van der Waals surface area contributed by atoms with Crippen LogP contribution in [0.4, 0.5) is 4.39 Å². The molecule has 3 aromatic rings. The zero-order valence-electron chi connectivity index (χ0n) is 18.2. The van der Waals surface area contributed by atoms with Crippen LogP contribution in [0.2, 0.25) is 5.02 Å². The van der Waals surface area contributed by atoms with Gasteiger partial charge in [-0.25, -0.2) is 9.07 Å². The minimum Gasteiger partial charge on any atom is -0.491 e. The molecule has 0 aliphatic carbocycles. The predicted molar refractivity (Wildman–Crippen MR) is 124 cm³/mol. The number of ether oxygens (including phenoxy) is 1. The van der Waals surface area contributed by atoms with Crippen molar-refractivity contribution in [3.63, 3.8) is 0 Å². The van der Waals surface area contributed by atoms with Crippen molar-refractivity contribution in [1.82, 2.24) is 19.6 Å².